The van der Waals surface area contributed by atoms with E-state index in [9.17, 15) is 5.11 Å². The molecule has 2 atom stereocenters. The highest BCUT2D eigenvalue weighted by molar-refractivity contribution is 4.95. The second kappa shape index (κ2) is 6.85. The standard InChI is InChI=1S/C14H29NO3/c1-13(2,17-3)8-10-18-9-6-12-5-4-7-14(12,15)11-16/h12,16H,4-11,15H2,1-3H3. The van der Waals surface area contributed by atoms with E-state index in [0.717, 1.165) is 38.7 Å². The van der Waals surface area contributed by atoms with Gasteiger partial charge in [0.2, 0.25) is 0 Å². The lowest BCUT2D eigenvalue weighted by atomic mass is 9.87. The van der Waals surface area contributed by atoms with Crippen LogP contribution in [-0.4, -0.2) is 43.2 Å². The fraction of sp³-hybridized carbons (Fsp3) is 1.00. The van der Waals surface area contributed by atoms with Gasteiger partial charge in [-0.2, -0.15) is 0 Å². The lowest BCUT2D eigenvalue weighted by Gasteiger charge is -2.29. The second-order valence-corrected chi connectivity index (χ2v) is 6.10. The zero-order valence-corrected chi connectivity index (χ0v) is 12.1. The molecular weight excluding hydrogens is 230 g/mol. The fourth-order valence-electron chi connectivity index (χ4n) is 2.56. The molecule has 0 aromatic carbocycles. The second-order valence-electron chi connectivity index (χ2n) is 6.10. The summed E-state index contributed by atoms with van der Waals surface area (Å²) >= 11 is 0. The Kier molecular flexibility index (Phi) is 6.05. The van der Waals surface area contributed by atoms with Crippen molar-refractivity contribution in [3.63, 3.8) is 0 Å². The van der Waals surface area contributed by atoms with Crippen LogP contribution >= 0.6 is 0 Å². The van der Waals surface area contributed by atoms with Crippen molar-refractivity contribution >= 4 is 0 Å². The maximum atomic E-state index is 9.35. The van der Waals surface area contributed by atoms with Crippen molar-refractivity contribution < 1.29 is 14.6 Å². The van der Waals surface area contributed by atoms with Gasteiger partial charge in [-0.25, -0.2) is 0 Å². The van der Waals surface area contributed by atoms with Gasteiger partial charge in [-0.3, -0.25) is 0 Å². The molecule has 0 heterocycles. The maximum Gasteiger partial charge on any atom is 0.0644 e. The normalized spacial score (nSPS) is 28.8. The molecular formula is C14H29NO3. The molecule has 0 bridgehead atoms. The van der Waals surface area contributed by atoms with Gasteiger partial charge in [0.25, 0.3) is 0 Å². The van der Waals surface area contributed by atoms with Crippen LogP contribution in [0.4, 0.5) is 0 Å². The summed E-state index contributed by atoms with van der Waals surface area (Å²) in [5, 5.41) is 9.35. The summed E-state index contributed by atoms with van der Waals surface area (Å²) in [6, 6.07) is 0. The predicted molar refractivity (Wildman–Crippen MR) is 72.5 cm³/mol. The summed E-state index contributed by atoms with van der Waals surface area (Å²) in [5.41, 5.74) is 5.70. The van der Waals surface area contributed by atoms with Gasteiger partial charge in [0, 0.05) is 25.9 Å². The first kappa shape index (κ1) is 15.9. The number of methoxy groups -OCH3 is 1. The summed E-state index contributed by atoms with van der Waals surface area (Å²) in [5.74, 6) is 0.401. The largest absolute Gasteiger partial charge is 0.394 e. The lowest BCUT2D eigenvalue weighted by molar-refractivity contribution is -0.0122. The first-order chi connectivity index (χ1) is 8.43. The molecule has 0 radical (unpaired) electrons. The van der Waals surface area contributed by atoms with E-state index in [1.807, 2.05) is 0 Å². The molecule has 1 saturated carbocycles. The van der Waals surface area contributed by atoms with Gasteiger partial charge >= 0.3 is 0 Å². The number of aliphatic hydroxyl groups excluding tert-OH is 1. The van der Waals surface area contributed by atoms with E-state index in [0.29, 0.717) is 12.5 Å². The lowest BCUT2D eigenvalue weighted by Crippen LogP contribution is -2.47. The highest BCUT2D eigenvalue weighted by Gasteiger charge is 2.38. The van der Waals surface area contributed by atoms with Crippen molar-refractivity contribution in [1.29, 1.82) is 0 Å². The number of nitrogens with two attached hydrogens (primary N) is 1. The van der Waals surface area contributed by atoms with E-state index >= 15 is 0 Å². The topological polar surface area (TPSA) is 64.7 Å². The van der Waals surface area contributed by atoms with E-state index < -0.39 is 0 Å². The minimum Gasteiger partial charge on any atom is -0.394 e. The Morgan fingerprint density at radius 3 is 2.72 bits per heavy atom. The number of rotatable bonds is 8. The van der Waals surface area contributed by atoms with Crippen molar-refractivity contribution in [2.24, 2.45) is 11.7 Å². The van der Waals surface area contributed by atoms with Crippen LogP contribution in [0.3, 0.4) is 0 Å². The Hall–Kier alpha value is -0.160. The molecule has 108 valence electrons. The average molecular weight is 259 g/mol. The molecule has 0 aromatic heterocycles. The van der Waals surface area contributed by atoms with Crippen LogP contribution in [0.1, 0.15) is 46.0 Å². The summed E-state index contributed by atoms with van der Waals surface area (Å²) in [6.45, 7) is 5.65. The molecule has 1 rings (SSSR count). The Labute approximate surface area is 111 Å². The number of hydrogen-bond donors (Lipinski definition) is 2. The van der Waals surface area contributed by atoms with E-state index in [2.05, 4.69) is 13.8 Å². The first-order valence-corrected chi connectivity index (χ1v) is 6.96. The van der Waals surface area contributed by atoms with Crippen molar-refractivity contribution in [3.05, 3.63) is 0 Å². The molecule has 0 aromatic rings. The molecule has 1 fully saturated rings. The van der Waals surface area contributed by atoms with Gasteiger partial charge in [0.05, 0.1) is 12.2 Å². The van der Waals surface area contributed by atoms with E-state index in [1.54, 1.807) is 7.11 Å². The van der Waals surface area contributed by atoms with E-state index in [1.165, 1.54) is 0 Å². The van der Waals surface area contributed by atoms with Gasteiger partial charge in [-0.1, -0.05) is 6.42 Å². The molecule has 3 N–H and O–H groups in total. The average Bonchev–Trinajstić information content (AvgIpc) is 2.71. The Morgan fingerprint density at radius 2 is 2.11 bits per heavy atom. The third kappa shape index (κ3) is 4.50. The molecule has 2 unspecified atom stereocenters. The van der Waals surface area contributed by atoms with Crippen molar-refractivity contribution in [3.8, 4) is 0 Å². The molecule has 0 amide bonds. The summed E-state index contributed by atoms with van der Waals surface area (Å²) in [7, 11) is 1.72. The van der Waals surface area contributed by atoms with Crippen LogP contribution in [0.25, 0.3) is 0 Å². The van der Waals surface area contributed by atoms with Crippen LogP contribution in [0.2, 0.25) is 0 Å². The van der Waals surface area contributed by atoms with Gasteiger partial charge in [0.1, 0.15) is 0 Å². The van der Waals surface area contributed by atoms with Crippen molar-refractivity contribution in [1.82, 2.24) is 0 Å². The minimum absolute atomic E-state index is 0.0916. The maximum absolute atomic E-state index is 9.35. The van der Waals surface area contributed by atoms with Crippen LogP contribution in [0.5, 0.6) is 0 Å². The fourth-order valence-corrected chi connectivity index (χ4v) is 2.56. The molecule has 0 aliphatic heterocycles. The Morgan fingerprint density at radius 1 is 1.39 bits per heavy atom. The van der Waals surface area contributed by atoms with E-state index in [-0.39, 0.29) is 17.7 Å². The van der Waals surface area contributed by atoms with Crippen LogP contribution in [-0.2, 0) is 9.47 Å². The summed E-state index contributed by atoms with van der Waals surface area (Å²) < 4.78 is 11.0. The van der Waals surface area contributed by atoms with Gasteiger partial charge < -0.3 is 20.3 Å². The molecule has 18 heavy (non-hydrogen) atoms. The molecule has 4 heteroatoms. The van der Waals surface area contributed by atoms with Crippen LogP contribution in [0.15, 0.2) is 0 Å². The third-order valence-corrected chi connectivity index (χ3v) is 4.31. The van der Waals surface area contributed by atoms with E-state index in [4.69, 9.17) is 15.2 Å². The molecule has 1 aliphatic rings. The van der Waals surface area contributed by atoms with Gasteiger partial charge in [0.15, 0.2) is 0 Å². The highest BCUT2D eigenvalue weighted by atomic mass is 16.5. The van der Waals surface area contributed by atoms with Crippen LogP contribution < -0.4 is 5.73 Å². The summed E-state index contributed by atoms with van der Waals surface area (Å²) in [4.78, 5) is 0. The smallest absolute Gasteiger partial charge is 0.0644 e. The highest BCUT2D eigenvalue weighted by Crippen LogP contribution is 2.35. The van der Waals surface area contributed by atoms with Gasteiger partial charge in [-0.05, 0) is 45.4 Å². The number of hydrogen-bond acceptors (Lipinski definition) is 4. The zero-order valence-electron chi connectivity index (χ0n) is 12.1. The Balaban J connectivity index is 2.15. The van der Waals surface area contributed by atoms with Crippen molar-refractivity contribution in [2.45, 2.75) is 57.1 Å². The first-order valence-electron chi connectivity index (χ1n) is 6.96. The number of aliphatic hydroxyl groups is 1. The number of ether oxygens (including phenoxy) is 2. The SMILES string of the molecule is COC(C)(C)CCOCCC1CCCC1(N)CO. The molecule has 1 aliphatic carbocycles. The molecule has 0 saturated heterocycles. The monoisotopic (exact) mass is 259 g/mol. The molecule has 4 nitrogen and oxygen atoms in total. The summed E-state index contributed by atoms with van der Waals surface area (Å²) in [6.07, 6.45) is 5.01. The third-order valence-electron chi connectivity index (χ3n) is 4.31. The van der Waals surface area contributed by atoms with Gasteiger partial charge in [-0.15, -0.1) is 0 Å². The predicted octanol–water partition coefficient (Wildman–Crippen LogP) is 1.70. The minimum atomic E-state index is -0.366. The zero-order chi connectivity index (χ0) is 13.6. The van der Waals surface area contributed by atoms with Crippen LogP contribution in [0, 0.1) is 5.92 Å². The van der Waals surface area contributed by atoms with Crippen molar-refractivity contribution in [2.75, 3.05) is 26.9 Å². The molecule has 0 spiro atoms. The quantitative estimate of drug-likeness (QED) is 0.651. The Bertz CT molecular complexity index is 245.